The van der Waals surface area contributed by atoms with Gasteiger partial charge in [-0.25, -0.2) is 4.98 Å². The average molecular weight is 281 g/mol. The van der Waals surface area contributed by atoms with Crippen molar-refractivity contribution in [3.05, 3.63) is 23.2 Å². The number of H-pyrrole nitrogens is 1. The second-order valence-electron chi connectivity index (χ2n) is 4.56. The van der Waals surface area contributed by atoms with Gasteiger partial charge in [-0.15, -0.1) is 0 Å². The first kappa shape index (κ1) is 12.4. The molecule has 1 amide bonds. The van der Waals surface area contributed by atoms with Gasteiger partial charge in [-0.3, -0.25) is 10.1 Å². The Kier molecular flexibility index (Phi) is 3.14. The smallest absolute Gasteiger partial charge is 0.243 e. The average Bonchev–Trinajstić information content (AvgIpc) is 2.96. The van der Waals surface area contributed by atoms with Crippen LogP contribution in [0.25, 0.3) is 11.0 Å². The van der Waals surface area contributed by atoms with Crippen LogP contribution in [0, 0.1) is 0 Å². The van der Waals surface area contributed by atoms with Gasteiger partial charge in [-0.05, 0) is 18.6 Å². The summed E-state index contributed by atoms with van der Waals surface area (Å²) in [4.78, 5) is 19.2. The number of benzene rings is 1. The van der Waals surface area contributed by atoms with Crippen LogP contribution in [0.5, 0.6) is 0 Å². The number of aliphatic hydroxyl groups is 1. The number of hydrogen-bond donors (Lipinski definition) is 4. The summed E-state index contributed by atoms with van der Waals surface area (Å²) in [5, 5.41) is 15.5. The number of nitrogens with zero attached hydrogens (tertiary/aromatic N) is 1. The number of imidazole rings is 1. The van der Waals surface area contributed by atoms with Crippen molar-refractivity contribution in [3.8, 4) is 0 Å². The molecule has 1 aliphatic rings. The summed E-state index contributed by atoms with van der Waals surface area (Å²) in [6.07, 6.45) is -0.0619. The molecule has 19 heavy (non-hydrogen) atoms. The molecule has 0 unspecified atom stereocenters. The molecule has 1 aromatic heterocycles. The number of carbonyl (C=O) groups is 1. The number of fused-ring (bicyclic) bond motifs is 1. The molecule has 2 aromatic rings. The van der Waals surface area contributed by atoms with Gasteiger partial charge in [0.25, 0.3) is 0 Å². The lowest BCUT2D eigenvalue weighted by atomic mass is 10.2. The first-order valence-corrected chi connectivity index (χ1v) is 6.38. The Morgan fingerprint density at radius 1 is 1.53 bits per heavy atom. The summed E-state index contributed by atoms with van der Waals surface area (Å²) in [5.41, 5.74) is 1.39. The molecule has 0 radical (unpaired) electrons. The normalized spacial score (nSPS) is 22.8. The third-order valence-corrected chi connectivity index (χ3v) is 3.43. The Bertz CT molecular complexity index is 627. The summed E-state index contributed by atoms with van der Waals surface area (Å²) >= 11 is 6.01. The summed E-state index contributed by atoms with van der Waals surface area (Å²) in [7, 11) is 0. The third kappa shape index (κ3) is 2.42. The highest BCUT2D eigenvalue weighted by Crippen LogP contribution is 2.22. The fourth-order valence-corrected chi connectivity index (χ4v) is 2.39. The molecule has 0 saturated carbocycles. The van der Waals surface area contributed by atoms with Gasteiger partial charge in [-0.2, -0.15) is 0 Å². The van der Waals surface area contributed by atoms with Gasteiger partial charge >= 0.3 is 0 Å². The number of aromatic amines is 1. The summed E-state index contributed by atoms with van der Waals surface area (Å²) in [5.74, 6) is 0.142. The van der Waals surface area contributed by atoms with E-state index in [4.69, 9.17) is 11.6 Å². The SMILES string of the molecule is O=C(Nc1nc2c(Cl)cccc2[nH]1)[C@H]1C[C@H](O)CN1. The van der Waals surface area contributed by atoms with Crippen LogP contribution in [0.3, 0.4) is 0 Å². The van der Waals surface area contributed by atoms with Crippen LogP contribution in [0.4, 0.5) is 5.95 Å². The highest BCUT2D eigenvalue weighted by molar-refractivity contribution is 6.35. The predicted molar refractivity (Wildman–Crippen MR) is 72.1 cm³/mol. The van der Waals surface area contributed by atoms with Crippen LogP contribution in [0.2, 0.25) is 5.02 Å². The number of halogens is 1. The van der Waals surface area contributed by atoms with Crippen molar-refractivity contribution in [1.29, 1.82) is 0 Å². The Labute approximate surface area is 114 Å². The van der Waals surface area contributed by atoms with Gasteiger partial charge in [0, 0.05) is 6.54 Å². The molecular weight excluding hydrogens is 268 g/mol. The van der Waals surface area contributed by atoms with E-state index in [1.807, 2.05) is 12.1 Å². The Morgan fingerprint density at radius 2 is 2.37 bits per heavy atom. The minimum atomic E-state index is -0.471. The highest BCUT2D eigenvalue weighted by atomic mass is 35.5. The molecule has 1 aromatic carbocycles. The largest absolute Gasteiger partial charge is 0.392 e. The van der Waals surface area contributed by atoms with Gasteiger partial charge in [-0.1, -0.05) is 17.7 Å². The maximum Gasteiger partial charge on any atom is 0.243 e. The van der Waals surface area contributed by atoms with Gasteiger partial charge in [0.05, 0.1) is 22.7 Å². The number of amides is 1. The van der Waals surface area contributed by atoms with Crippen molar-refractivity contribution in [2.45, 2.75) is 18.6 Å². The lowest BCUT2D eigenvalue weighted by Crippen LogP contribution is -2.35. The minimum absolute atomic E-state index is 0.216. The fraction of sp³-hybridized carbons (Fsp3) is 0.333. The molecule has 1 fully saturated rings. The number of nitrogens with one attached hydrogen (secondary N) is 3. The maximum absolute atomic E-state index is 11.9. The number of aliphatic hydroxyl groups excluding tert-OH is 1. The standard InChI is InChI=1S/C12H13ClN4O2/c13-7-2-1-3-8-10(7)16-12(15-8)17-11(19)9-4-6(18)5-14-9/h1-3,6,9,14,18H,4-5H2,(H2,15,16,17,19)/t6-,9+/m0/s1. The molecule has 4 N–H and O–H groups in total. The molecule has 1 saturated heterocycles. The predicted octanol–water partition coefficient (Wildman–Crippen LogP) is 0.878. The monoisotopic (exact) mass is 280 g/mol. The summed E-state index contributed by atoms with van der Waals surface area (Å²) in [6.45, 7) is 0.435. The van der Waals surface area contributed by atoms with Crippen LogP contribution < -0.4 is 10.6 Å². The lowest BCUT2D eigenvalue weighted by Gasteiger charge is -2.08. The van der Waals surface area contributed by atoms with Gasteiger partial charge in [0.1, 0.15) is 5.52 Å². The molecule has 3 rings (SSSR count). The van der Waals surface area contributed by atoms with E-state index in [1.54, 1.807) is 6.07 Å². The van der Waals surface area contributed by atoms with E-state index >= 15 is 0 Å². The molecule has 0 aliphatic carbocycles. The second kappa shape index (κ2) is 4.80. The molecule has 6 nitrogen and oxygen atoms in total. The van der Waals surface area contributed by atoms with E-state index in [9.17, 15) is 9.90 Å². The number of β-amino-alcohol motifs (C(OH)–C–C–N with tert-alkyl or cyclic N) is 1. The number of anilines is 1. The molecule has 0 spiro atoms. The van der Waals surface area contributed by atoms with Crippen molar-refractivity contribution in [1.82, 2.24) is 15.3 Å². The molecule has 7 heteroatoms. The van der Waals surface area contributed by atoms with Gasteiger partial charge in [0.2, 0.25) is 11.9 Å². The first-order chi connectivity index (χ1) is 9.13. The van der Waals surface area contributed by atoms with Crippen molar-refractivity contribution >= 4 is 34.5 Å². The van der Waals surface area contributed by atoms with Gasteiger partial charge in [0.15, 0.2) is 0 Å². The van der Waals surface area contributed by atoms with E-state index in [2.05, 4.69) is 20.6 Å². The number of hydrogen-bond acceptors (Lipinski definition) is 4. The molecule has 1 aliphatic heterocycles. The zero-order valence-corrected chi connectivity index (χ0v) is 10.7. The van der Waals surface area contributed by atoms with Crippen LogP contribution >= 0.6 is 11.6 Å². The van der Waals surface area contributed by atoms with E-state index in [0.717, 1.165) is 5.52 Å². The molecule has 2 heterocycles. The van der Waals surface area contributed by atoms with Gasteiger partial charge < -0.3 is 15.4 Å². The van der Waals surface area contributed by atoms with Crippen molar-refractivity contribution in [2.24, 2.45) is 0 Å². The minimum Gasteiger partial charge on any atom is -0.392 e. The van der Waals surface area contributed by atoms with Crippen LogP contribution in [-0.4, -0.2) is 39.7 Å². The second-order valence-corrected chi connectivity index (χ2v) is 4.97. The Hall–Kier alpha value is -1.63. The first-order valence-electron chi connectivity index (χ1n) is 6.00. The zero-order valence-electron chi connectivity index (χ0n) is 9.98. The van der Waals surface area contributed by atoms with E-state index in [-0.39, 0.29) is 5.91 Å². The third-order valence-electron chi connectivity index (χ3n) is 3.13. The summed E-state index contributed by atoms with van der Waals surface area (Å²) < 4.78 is 0. The topological polar surface area (TPSA) is 90.0 Å². The van der Waals surface area contributed by atoms with E-state index < -0.39 is 12.1 Å². The maximum atomic E-state index is 11.9. The van der Waals surface area contributed by atoms with Crippen LogP contribution in [0.1, 0.15) is 6.42 Å². The molecule has 100 valence electrons. The van der Waals surface area contributed by atoms with Crippen molar-refractivity contribution < 1.29 is 9.90 Å². The van der Waals surface area contributed by atoms with E-state index in [1.165, 1.54) is 0 Å². The quantitative estimate of drug-likeness (QED) is 0.657. The number of para-hydroxylation sites is 1. The van der Waals surface area contributed by atoms with E-state index in [0.29, 0.717) is 29.5 Å². The molecular formula is C12H13ClN4O2. The van der Waals surface area contributed by atoms with Crippen LogP contribution in [-0.2, 0) is 4.79 Å². The summed E-state index contributed by atoms with van der Waals surface area (Å²) in [6, 6.07) is 4.99. The number of rotatable bonds is 2. The van der Waals surface area contributed by atoms with Crippen molar-refractivity contribution in [2.75, 3.05) is 11.9 Å². The molecule has 2 atom stereocenters. The van der Waals surface area contributed by atoms with Crippen molar-refractivity contribution in [3.63, 3.8) is 0 Å². The fourth-order valence-electron chi connectivity index (χ4n) is 2.18. The Balaban J connectivity index is 1.78. The number of aromatic nitrogens is 2. The highest BCUT2D eigenvalue weighted by Gasteiger charge is 2.28. The number of carbonyl (C=O) groups excluding carboxylic acids is 1. The van der Waals surface area contributed by atoms with Crippen LogP contribution in [0.15, 0.2) is 18.2 Å². The molecule has 0 bridgehead atoms. The zero-order chi connectivity index (χ0) is 13.4. The lowest BCUT2D eigenvalue weighted by molar-refractivity contribution is -0.118. The Morgan fingerprint density at radius 3 is 3.05 bits per heavy atom.